The van der Waals surface area contributed by atoms with Gasteiger partial charge in [0.25, 0.3) is 0 Å². The minimum atomic E-state index is -0.895. The van der Waals surface area contributed by atoms with Crippen molar-refractivity contribution in [1.29, 1.82) is 0 Å². The van der Waals surface area contributed by atoms with Gasteiger partial charge in [-0.25, -0.2) is 13.6 Å². The highest BCUT2D eigenvalue weighted by atomic mass is 19.1. The maximum Gasteiger partial charge on any atom is 0.407 e. The molecule has 0 radical (unpaired) electrons. The average Bonchev–Trinajstić information content (AvgIpc) is 3.11. The molecule has 2 aromatic rings. The number of amides is 1. The third-order valence-corrected chi connectivity index (χ3v) is 6.41. The molecule has 1 aliphatic carbocycles. The SMILES string of the molecule is CC(OC[C@@]1(N2CCN(C(=O)O)CC2)CCc2ccccc21)c1cc(F)cc(F)c1. The molecule has 1 N–H and O–H groups in total. The molecule has 1 unspecified atom stereocenters. The molecule has 1 aliphatic heterocycles. The number of hydrogen-bond donors (Lipinski definition) is 1. The molecule has 160 valence electrons. The Hall–Kier alpha value is -2.51. The molecule has 0 saturated carbocycles. The molecule has 2 aromatic carbocycles. The Balaban J connectivity index is 1.57. The lowest BCUT2D eigenvalue weighted by Crippen LogP contribution is -2.57. The number of ether oxygens (including phenoxy) is 1. The molecule has 2 atom stereocenters. The van der Waals surface area contributed by atoms with E-state index in [0.29, 0.717) is 38.3 Å². The number of hydrogen-bond acceptors (Lipinski definition) is 3. The molecule has 5 nitrogen and oxygen atoms in total. The Morgan fingerprint density at radius 2 is 1.80 bits per heavy atom. The van der Waals surface area contributed by atoms with E-state index < -0.39 is 23.8 Å². The maximum atomic E-state index is 13.6. The van der Waals surface area contributed by atoms with Gasteiger partial charge in [0.1, 0.15) is 11.6 Å². The first kappa shape index (κ1) is 20.8. The van der Waals surface area contributed by atoms with E-state index in [-0.39, 0.29) is 5.54 Å². The van der Waals surface area contributed by atoms with Gasteiger partial charge < -0.3 is 14.7 Å². The highest BCUT2D eigenvalue weighted by Crippen LogP contribution is 2.43. The minimum Gasteiger partial charge on any atom is -0.465 e. The van der Waals surface area contributed by atoms with Crippen LogP contribution in [0.25, 0.3) is 0 Å². The Labute approximate surface area is 174 Å². The normalized spacial score (nSPS) is 22.7. The lowest BCUT2D eigenvalue weighted by molar-refractivity contribution is -0.0547. The fraction of sp³-hybridized carbons (Fsp3) is 0.435. The predicted molar refractivity (Wildman–Crippen MR) is 108 cm³/mol. The zero-order chi connectivity index (χ0) is 21.3. The van der Waals surface area contributed by atoms with E-state index in [1.807, 2.05) is 12.1 Å². The van der Waals surface area contributed by atoms with Crippen molar-refractivity contribution in [2.45, 2.75) is 31.4 Å². The van der Waals surface area contributed by atoms with E-state index >= 15 is 0 Å². The van der Waals surface area contributed by atoms with Crippen LogP contribution in [-0.2, 0) is 16.7 Å². The molecule has 4 rings (SSSR count). The zero-order valence-corrected chi connectivity index (χ0v) is 17.0. The van der Waals surface area contributed by atoms with Crippen LogP contribution < -0.4 is 0 Å². The average molecular weight is 416 g/mol. The largest absolute Gasteiger partial charge is 0.465 e. The van der Waals surface area contributed by atoms with Crippen molar-refractivity contribution in [2.24, 2.45) is 0 Å². The van der Waals surface area contributed by atoms with Crippen LogP contribution in [0.15, 0.2) is 42.5 Å². The monoisotopic (exact) mass is 416 g/mol. The van der Waals surface area contributed by atoms with Crippen molar-refractivity contribution in [2.75, 3.05) is 32.8 Å². The molecule has 0 spiro atoms. The van der Waals surface area contributed by atoms with Crippen LogP contribution in [0.3, 0.4) is 0 Å². The van der Waals surface area contributed by atoms with Gasteiger partial charge in [-0.15, -0.1) is 0 Å². The van der Waals surface area contributed by atoms with E-state index in [1.165, 1.54) is 28.2 Å². The number of halogens is 2. The van der Waals surface area contributed by atoms with Gasteiger partial charge in [-0.05, 0) is 48.6 Å². The van der Waals surface area contributed by atoms with Crippen molar-refractivity contribution < 1.29 is 23.4 Å². The summed E-state index contributed by atoms with van der Waals surface area (Å²) < 4.78 is 33.5. The molecule has 0 aromatic heterocycles. The van der Waals surface area contributed by atoms with Crippen molar-refractivity contribution in [3.8, 4) is 0 Å². The van der Waals surface area contributed by atoms with Gasteiger partial charge in [0.15, 0.2) is 0 Å². The molecular formula is C23H26F2N2O3. The predicted octanol–water partition coefficient (Wildman–Crippen LogP) is 4.18. The van der Waals surface area contributed by atoms with E-state index in [1.54, 1.807) is 6.92 Å². The second-order valence-corrected chi connectivity index (χ2v) is 8.10. The summed E-state index contributed by atoms with van der Waals surface area (Å²) in [4.78, 5) is 15.1. The smallest absolute Gasteiger partial charge is 0.407 e. The summed E-state index contributed by atoms with van der Waals surface area (Å²) in [6, 6.07) is 11.7. The second-order valence-electron chi connectivity index (χ2n) is 8.10. The van der Waals surface area contributed by atoms with Gasteiger partial charge in [0.2, 0.25) is 0 Å². The molecule has 1 amide bonds. The second kappa shape index (κ2) is 8.32. The van der Waals surface area contributed by atoms with Gasteiger partial charge in [0.05, 0.1) is 18.2 Å². The summed E-state index contributed by atoms with van der Waals surface area (Å²) >= 11 is 0. The summed E-state index contributed by atoms with van der Waals surface area (Å²) in [5.74, 6) is -1.24. The summed E-state index contributed by atoms with van der Waals surface area (Å²) in [5.41, 5.74) is 2.56. The van der Waals surface area contributed by atoms with E-state index in [2.05, 4.69) is 17.0 Å². The highest BCUT2D eigenvalue weighted by Gasteiger charge is 2.45. The summed E-state index contributed by atoms with van der Waals surface area (Å²) in [5, 5.41) is 9.28. The fourth-order valence-corrected chi connectivity index (χ4v) is 4.73. The third kappa shape index (κ3) is 3.91. The number of carboxylic acid groups (broad SMARTS) is 1. The first-order chi connectivity index (χ1) is 14.4. The Morgan fingerprint density at radius 1 is 1.13 bits per heavy atom. The lowest BCUT2D eigenvalue weighted by Gasteiger charge is -2.46. The maximum absolute atomic E-state index is 13.6. The van der Waals surface area contributed by atoms with Crippen molar-refractivity contribution in [3.05, 3.63) is 70.8 Å². The lowest BCUT2D eigenvalue weighted by atomic mass is 9.89. The van der Waals surface area contributed by atoms with Gasteiger partial charge in [0, 0.05) is 32.2 Å². The van der Waals surface area contributed by atoms with Crippen LogP contribution in [0, 0.1) is 11.6 Å². The van der Waals surface area contributed by atoms with Crippen LogP contribution in [0.2, 0.25) is 0 Å². The molecule has 7 heteroatoms. The molecule has 1 fully saturated rings. The molecule has 0 bridgehead atoms. The third-order valence-electron chi connectivity index (χ3n) is 6.41. The Kier molecular flexibility index (Phi) is 5.75. The first-order valence-corrected chi connectivity index (χ1v) is 10.3. The molecular weight excluding hydrogens is 390 g/mol. The van der Waals surface area contributed by atoms with Crippen LogP contribution >= 0.6 is 0 Å². The number of carbonyl (C=O) groups is 1. The number of rotatable bonds is 5. The fourth-order valence-electron chi connectivity index (χ4n) is 4.73. The van der Waals surface area contributed by atoms with Gasteiger partial charge in [-0.2, -0.15) is 0 Å². The Morgan fingerprint density at radius 3 is 2.47 bits per heavy atom. The number of nitrogens with zero attached hydrogens (tertiary/aromatic N) is 2. The topological polar surface area (TPSA) is 53.0 Å². The molecule has 2 aliphatic rings. The number of piperazine rings is 1. The standard InChI is InChI=1S/C23H26F2N2O3/c1-16(18-12-19(24)14-20(25)13-18)30-15-23(7-6-17-4-2-3-5-21(17)23)27-10-8-26(9-11-27)22(28)29/h2-5,12-14,16H,6-11,15H2,1H3,(H,28,29)/t16?,23-/m0/s1. The quantitative estimate of drug-likeness (QED) is 0.795. The van der Waals surface area contributed by atoms with E-state index in [0.717, 1.165) is 18.9 Å². The zero-order valence-electron chi connectivity index (χ0n) is 17.0. The van der Waals surface area contributed by atoms with Crippen molar-refractivity contribution >= 4 is 6.09 Å². The molecule has 30 heavy (non-hydrogen) atoms. The van der Waals surface area contributed by atoms with Crippen molar-refractivity contribution in [3.63, 3.8) is 0 Å². The Bertz CT molecular complexity index is 910. The van der Waals surface area contributed by atoms with Crippen LogP contribution in [0.4, 0.5) is 13.6 Å². The van der Waals surface area contributed by atoms with Gasteiger partial charge in [-0.3, -0.25) is 4.90 Å². The summed E-state index contributed by atoms with van der Waals surface area (Å²) in [6.45, 7) is 4.30. The molecule has 1 saturated heterocycles. The minimum absolute atomic E-state index is 0.371. The van der Waals surface area contributed by atoms with E-state index in [9.17, 15) is 18.7 Å². The van der Waals surface area contributed by atoms with Crippen LogP contribution in [0.5, 0.6) is 0 Å². The highest BCUT2D eigenvalue weighted by molar-refractivity contribution is 5.65. The number of aryl methyl sites for hydroxylation is 1. The van der Waals surface area contributed by atoms with E-state index in [4.69, 9.17) is 4.74 Å². The summed E-state index contributed by atoms with van der Waals surface area (Å²) in [6.07, 6.45) is 0.416. The van der Waals surface area contributed by atoms with Crippen LogP contribution in [0.1, 0.15) is 36.1 Å². The van der Waals surface area contributed by atoms with Crippen molar-refractivity contribution in [1.82, 2.24) is 9.80 Å². The van der Waals surface area contributed by atoms with Gasteiger partial charge in [-0.1, -0.05) is 24.3 Å². The number of fused-ring (bicyclic) bond motifs is 1. The first-order valence-electron chi connectivity index (χ1n) is 10.3. The number of benzene rings is 2. The molecule has 1 heterocycles. The summed E-state index contributed by atoms with van der Waals surface area (Å²) in [7, 11) is 0. The van der Waals surface area contributed by atoms with Gasteiger partial charge >= 0.3 is 6.09 Å². The van der Waals surface area contributed by atoms with Crippen LogP contribution in [-0.4, -0.2) is 53.8 Å².